The molecule has 0 radical (unpaired) electrons. The molecule has 1 amide bonds. The number of halogens is 1. The predicted molar refractivity (Wildman–Crippen MR) is 71.8 cm³/mol. The second-order valence-electron chi connectivity index (χ2n) is 5.14. The van der Waals surface area contributed by atoms with Crippen molar-refractivity contribution in [2.45, 2.75) is 32.0 Å². The number of nitrogens with one attached hydrogen (secondary N) is 1. The highest BCUT2D eigenvalue weighted by atomic mass is 19.1. The number of nitrogens with two attached hydrogens (primary N) is 1. The zero-order chi connectivity index (χ0) is 13.8. The molecule has 0 aliphatic heterocycles. The van der Waals surface area contributed by atoms with Gasteiger partial charge in [-0.25, -0.2) is 4.39 Å². The van der Waals surface area contributed by atoms with Gasteiger partial charge in [-0.3, -0.25) is 9.69 Å². The zero-order valence-corrected chi connectivity index (χ0v) is 11.2. The SMILES string of the molecule is CN(CC(=O)NC1CC1)Cc1cc(CN)ccc1F. The van der Waals surface area contributed by atoms with E-state index in [1.54, 1.807) is 24.1 Å². The van der Waals surface area contributed by atoms with Crippen LogP contribution in [0.5, 0.6) is 0 Å². The number of amides is 1. The van der Waals surface area contributed by atoms with E-state index in [1.807, 2.05) is 0 Å². The van der Waals surface area contributed by atoms with Crippen LogP contribution in [0.1, 0.15) is 24.0 Å². The summed E-state index contributed by atoms with van der Waals surface area (Å²) in [5.41, 5.74) is 7.01. The van der Waals surface area contributed by atoms with Gasteiger partial charge in [0.25, 0.3) is 0 Å². The minimum atomic E-state index is -0.258. The topological polar surface area (TPSA) is 58.4 Å². The Morgan fingerprint density at radius 3 is 2.89 bits per heavy atom. The Balaban J connectivity index is 1.89. The summed E-state index contributed by atoms with van der Waals surface area (Å²) in [6.45, 7) is 1.07. The van der Waals surface area contributed by atoms with Gasteiger partial charge >= 0.3 is 0 Å². The first kappa shape index (κ1) is 14.0. The molecule has 0 heterocycles. The first-order chi connectivity index (χ1) is 9.08. The molecule has 1 aromatic rings. The Labute approximate surface area is 112 Å². The van der Waals surface area contributed by atoms with Crippen LogP contribution < -0.4 is 11.1 Å². The Bertz CT molecular complexity index is 460. The fourth-order valence-corrected chi connectivity index (χ4v) is 1.97. The third-order valence-electron chi connectivity index (χ3n) is 3.14. The van der Waals surface area contributed by atoms with Gasteiger partial charge < -0.3 is 11.1 Å². The molecule has 3 N–H and O–H groups in total. The van der Waals surface area contributed by atoms with Crippen molar-refractivity contribution in [2.24, 2.45) is 5.73 Å². The zero-order valence-electron chi connectivity index (χ0n) is 11.2. The summed E-state index contributed by atoms with van der Waals surface area (Å²) in [7, 11) is 1.81. The van der Waals surface area contributed by atoms with Gasteiger partial charge in [-0.15, -0.1) is 0 Å². The summed E-state index contributed by atoms with van der Waals surface area (Å²) in [5, 5.41) is 2.91. The minimum absolute atomic E-state index is 0.000359. The lowest BCUT2D eigenvalue weighted by atomic mass is 10.1. The lowest BCUT2D eigenvalue weighted by Crippen LogP contribution is -2.36. The molecular formula is C14H20FN3O. The summed E-state index contributed by atoms with van der Waals surface area (Å²) in [6.07, 6.45) is 2.14. The average Bonchev–Trinajstić information content (AvgIpc) is 3.15. The molecule has 5 heteroatoms. The van der Waals surface area contributed by atoms with Crippen molar-refractivity contribution in [3.8, 4) is 0 Å². The highest BCUT2D eigenvalue weighted by molar-refractivity contribution is 5.78. The molecule has 19 heavy (non-hydrogen) atoms. The van der Waals surface area contributed by atoms with E-state index in [4.69, 9.17) is 5.73 Å². The van der Waals surface area contributed by atoms with E-state index in [1.165, 1.54) is 6.07 Å². The Hall–Kier alpha value is -1.46. The van der Waals surface area contributed by atoms with Crippen molar-refractivity contribution in [2.75, 3.05) is 13.6 Å². The molecule has 1 fully saturated rings. The first-order valence-corrected chi connectivity index (χ1v) is 6.53. The van der Waals surface area contributed by atoms with Gasteiger partial charge in [0.05, 0.1) is 6.54 Å². The molecule has 1 aliphatic carbocycles. The van der Waals surface area contributed by atoms with Crippen molar-refractivity contribution in [1.82, 2.24) is 10.2 Å². The van der Waals surface area contributed by atoms with E-state index in [-0.39, 0.29) is 18.3 Å². The molecule has 0 atom stereocenters. The highest BCUT2D eigenvalue weighted by Gasteiger charge is 2.23. The van der Waals surface area contributed by atoms with Gasteiger partial charge in [-0.05, 0) is 31.5 Å². The fraction of sp³-hybridized carbons (Fsp3) is 0.500. The largest absolute Gasteiger partial charge is 0.352 e. The maximum Gasteiger partial charge on any atom is 0.234 e. The normalized spacial score (nSPS) is 14.7. The fourth-order valence-electron chi connectivity index (χ4n) is 1.97. The molecular weight excluding hydrogens is 245 g/mol. The molecule has 0 aromatic heterocycles. The second kappa shape index (κ2) is 6.12. The van der Waals surface area contributed by atoms with Crippen LogP contribution in [0.3, 0.4) is 0 Å². The van der Waals surface area contributed by atoms with Crippen LogP contribution in [-0.4, -0.2) is 30.4 Å². The van der Waals surface area contributed by atoms with Gasteiger partial charge in [0.1, 0.15) is 5.82 Å². The number of hydrogen-bond donors (Lipinski definition) is 2. The maximum atomic E-state index is 13.7. The van der Waals surface area contributed by atoms with Crippen LogP contribution in [-0.2, 0) is 17.9 Å². The van der Waals surface area contributed by atoms with E-state index in [9.17, 15) is 9.18 Å². The minimum Gasteiger partial charge on any atom is -0.352 e. The number of benzene rings is 1. The van der Waals surface area contributed by atoms with Crippen LogP contribution in [0.2, 0.25) is 0 Å². The second-order valence-corrected chi connectivity index (χ2v) is 5.14. The van der Waals surface area contributed by atoms with Crippen molar-refractivity contribution in [1.29, 1.82) is 0 Å². The third kappa shape index (κ3) is 4.29. The van der Waals surface area contributed by atoms with Gasteiger partial charge in [0, 0.05) is 24.7 Å². The summed E-state index contributed by atoms with van der Waals surface area (Å²) >= 11 is 0. The lowest BCUT2D eigenvalue weighted by Gasteiger charge is -2.17. The maximum absolute atomic E-state index is 13.7. The van der Waals surface area contributed by atoms with Crippen molar-refractivity contribution in [3.63, 3.8) is 0 Å². The monoisotopic (exact) mass is 265 g/mol. The van der Waals surface area contributed by atoms with E-state index in [2.05, 4.69) is 5.32 Å². The highest BCUT2D eigenvalue weighted by Crippen LogP contribution is 2.18. The molecule has 104 valence electrons. The van der Waals surface area contributed by atoms with E-state index < -0.39 is 0 Å². The molecule has 2 rings (SSSR count). The van der Waals surface area contributed by atoms with Gasteiger partial charge in [0.15, 0.2) is 0 Å². The third-order valence-corrected chi connectivity index (χ3v) is 3.14. The van der Waals surface area contributed by atoms with Crippen LogP contribution in [0.4, 0.5) is 4.39 Å². The van der Waals surface area contributed by atoms with E-state index in [0.29, 0.717) is 24.7 Å². The molecule has 1 aromatic carbocycles. The predicted octanol–water partition coefficient (Wildman–Crippen LogP) is 0.995. The number of likely N-dealkylation sites (N-methyl/N-ethyl adjacent to an activating group) is 1. The number of carbonyl (C=O) groups is 1. The molecule has 0 saturated heterocycles. The van der Waals surface area contributed by atoms with Gasteiger partial charge in [0.2, 0.25) is 5.91 Å². The van der Waals surface area contributed by atoms with Crippen LogP contribution in [0, 0.1) is 5.82 Å². The quantitative estimate of drug-likeness (QED) is 0.806. The van der Waals surface area contributed by atoms with E-state index in [0.717, 1.165) is 18.4 Å². The van der Waals surface area contributed by atoms with Crippen molar-refractivity contribution < 1.29 is 9.18 Å². The molecule has 1 aliphatic rings. The Morgan fingerprint density at radius 1 is 1.53 bits per heavy atom. The average molecular weight is 265 g/mol. The van der Waals surface area contributed by atoms with Crippen LogP contribution >= 0.6 is 0 Å². The van der Waals surface area contributed by atoms with Gasteiger partial charge in [-0.2, -0.15) is 0 Å². The smallest absolute Gasteiger partial charge is 0.234 e. The number of rotatable bonds is 6. The summed E-state index contributed by atoms with van der Waals surface area (Å²) < 4.78 is 13.7. The molecule has 0 unspecified atom stereocenters. The van der Waals surface area contributed by atoms with Crippen LogP contribution in [0.15, 0.2) is 18.2 Å². The standard InChI is InChI=1S/C14H20FN3O/c1-18(9-14(19)17-12-3-4-12)8-11-6-10(7-16)2-5-13(11)15/h2,5-6,12H,3-4,7-9,16H2,1H3,(H,17,19). The number of hydrogen-bond acceptors (Lipinski definition) is 3. The molecule has 0 bridgehead atoms. The number of carbonyl (C=O) groups excluding carboxylic acids is 1. The van der Waals surface area contributed by atoms with Gasteiger partial charge in [-0.1, -0.05) is 12.1 Å². The Morgan fingerprint density at radius 2 is 2.26 bits per heavy atom. The summed E-state index contributed by atoms with van der Waals surface area (Å²) in [6, 6.07) is 5.22. The lowest BCUT2D eigenvalue weighted by molar-refractivity contribution is -0.122. The summed E-state index contributed by atoms with van der Waals surface area (Å²) in [5.74, 6) is -0.257. The van der Waals surface area contributed by atoms with E-state index >= 15 is 0 Å². The molecule has 0 spiro atoms. The molecule has 1 saturated carbocycles. The number of nitrogens with zero attached hydrogens (tertiary/aromatic N) is 1. The Kier molecular flexibility index (Phi) is 4.50. The van der Waals surface area contributed by atoms with Crippen molar-refractivity contribution >= 4 is 5.91 Å². The molecule has 4 nitrogen and oxygen atoms in total. The first-order valence-electron chi connectivity index (χ1n) is 6.53. The summed E-state index contributed by atoms with van der Waals surface area (Å²) in [4.78, 5) is 13.4. The van der Waals surface area contributed by atoms with Crippen molar-refractivity contribution in [3.05, 3.63) is 35.1 Å². The van der Waals surface area contributed by atoms with Crippen LogP contribution in [0.25, 0.3) is 0 Å².